The molecule has 0 N–H and O–H groups in total. The van der Waals surface area contributed by atoms with E-state index in [0.29, 0.717) is 32.7 Å². The van der Waals surface area contributed by atoms with Crippen LogP contribution in [0.15, 0.2) is 131 Å². The van der Waals surface area contributed by atoms with Crippen LogP contribution in [0.3, 0.4) is 0 Å². The van der Waals surface area contributed by atoms with Crippen molar-refractivity contribution < 1.29 is 9.53 Å². The number of carbonyl (C=O) groups is 1. The number of para-hydroxylation sites is 1. The minimum atomic E-state index is -0.716. The zero-order valence-corrected chi connectivity index (χ0v) is 25.8. The molecule has 2 aromatic heterocycles. The number of carbonyl (C=O) groups excluding carboxylic acids is 1. The zero-order valence-electron chi connectivity index (χ0n) is 25.0. The van der Waals surface area contributed by atoms with Gasteiger partial charge in [-0.2, -0.15) is 5.26 Å². The molecule has 7 nitrogen and oxygen atoms in total. The Bertz CT molecular complexity index is 2340. The maximum absolute atomic E-state index is 14.3. The van der Waals surface area contributed by atoms with Gasteiger partial charge in [-0.25, -0.2) is 9.79 Å². The van der Waals surface area contributed by atoms with E-state index in [1.165, 1.54) is 11.3 Å². The van der Waals surface area contributed by atoms with E-state index >= 15 is 0 Å². The minimum Gasteiger partial charge on any atom is -0.463 e. The van der Waals surface area contributed by atoms with Crippen LogP contribution in [0.4, 0.5) is 0 Å². The summed E-state index contributed by atoms with van der Waals surface area (Å²) in [6, 6.07) is 36.2. The van der Waals surface area contributed by atoms with Crippen LogP contribution < -0.4 is 14.9 Å². The van der Waals surface area contributed by atoms with E-state index in [1.807, 2.05) is 109 Å². The lowest BCUT2D eigenvalue weighted by Crippen LogP contribution is -2.39. The summed E-state index contributed by atoms with van der Waals surface area (Å²) in [6.45, 7) is 2.58. The first-order valence-electron chi connectivity index (χ1n) is 15.0. The molecule has 4 aromatic carbocycles. The third kappa shape index (κ3) is 5.27. The molecular formula is C38H28N4O3S. The Morgan fingerprint density at radius 1 is 0.957 bits per heavy atom. The van der Waals surface area contributed by atoms with Crippen LogP contribution in [-0.2, 0) is 16.1 Å². The molecule has 8 heteroatoms. The predicted molar refractivity (Wildman–Crippen MR) is 180 cm³/mol. The highest BCUT2D eigenvalue weighted by molar-refractivity contribution is 7.07. The SMILES string of the molecule is CCOC(=O)C1=C(c2ccccc2)N=c2s/c(=C\c3cn(Cc4ccc(C#N)cc4)c4ccccc34)c(=O)n2[C@@H]1c1ccccc1. The number of ether oxygens (including phenoxy) is 1. The monoisotopic (exact) mass is 620 g/mol. The number of benzene rings is 4. The number of nitriles is 1. The Kier molecular flexibility index (Phi) is 7.75. The van der Waals surface area contributed by atoms with Gasteiger partial charge >= 0.3 is 5.97 Å². The molecule has 224 valence electrons. The lowest BCUT2D eigenvalue weighted by atomic mass is 9.93. The number of aromatic nitrogens is 2. The highest BCUT2D eigenvalue weighted by Gasteiger charge is 2.35. The Morgan fingerprint density at radius 3 is 2.37 bits per heavy atom. The largest absolute Gasteiger partial charge is 0.463 e. The van der Waals surface area contributed by atoms with E-state index in [0.717, 1.165) is 33.2 Å². The number of thiazole rings is 1. The fourth-order valence-corrected chi connectivity index (χ4v) is 6.93. The predicted octanol–water partition coefficient (Wildman–Crippen LogP) is 5.81. The van der Waals surface area contributed by atoms with E-state index in [4.69, 9.17) is 9.73 Å². The number of esters is 1. The summed E-state index contributed by atoms with van der Waals surface area (Å²) in [7, 11) is 0. The van der Waals surface area contributed by atoms with E-state index in [1.54, 1.807) is 11.5 Å². The van der Waals surface area contributed by atoms with E-state index in [2.05, 4.69) is 22.9 Å². The molecule has 0 saturated heterocycles. The van der Waals surface area contributed by atoms with Crippen molar-refractivity contribution in [3.63, 3.8) is 0 Å². The quantitative estimate of drug-likeness (QED) is 0.211. The summed E-state index contributed by atoms with van der Waals surface area (Å²) in [4.78, 5) is 33.4. The highest BCUT2D eigenvalue weighted by Crippen LogP contribution is 2.35. The van der Waals surface area contributed by atoms with Crippen LogP contribution in [0.1, 0.15) is 40.8 Å². The first kappa shape index (κ1) is 29.0. The van der Waals surface area contributed by atoms with Crippen molar-refractivity contribution >= 4 is 40.0 Å². The number of hydrogen-bond donors (Lipinski definition) is 0. The molecule has 6 aromatic rings. The molecule has 0 amide bonds. The van der Waals surface area contributed by atoms with E-state index in [-0.39, 0.29) is 12.2 Å². The molecule has 46 heavy (non-hydrogen) atoms. The lowest BCUT2D eigenvalue weighted by Gasteiger charge is -2.25. The van der Waals surface area contributed by atoms with Gasteiger partial charge in [0.05, 0.1) is 40.1 Å². The van der Waals surface area contributed by atoms with Crippen molar-refractivity contribution in [3.8, 4) is 6.07 Å². The van der Waals surface area contributed by atoms with Crippen LogP contribution in [-0.4, -0.2) is 21.7 Å². The van der Waals surface area contributed by atoms with Gasteiger partial charge in [0.15, 0.2) is 4.80 Å². The summed E-state index contributed by atoms with van der Waals surface area (Å²) in [6.07, 6.45) is 3.97. The average molecular weight is 621 g/mol. The molecule has 0 bridgehead atoms. The molecule has 1 atom stereocenters. The van der Waals surface area contributed by atoms with Gasteiger partial charge in [0.25, 0.3) is 5.56 Å². The Balaban J connectivity index is 1.42. The second-order valence-corrected chi connectivity index (χ2v) is 11.9. The lowest BCUT2D eigenvalue weighted by molar-refractivity contribution is -0.138. The highest BCUT2D eigenvalue weighted by atomic mass is 32.1. The number of fused-ring (bicyclic) bond motifs is 2. The summed E-state index contributed by atoms with van der Waals surface area (Å²) in [5.74, 6) is -0.501. The van der Waals surface area contributed by atoms with Crippen LogP contribution in [0.5, 0.6) is 0 Å². The molecule has 0 fully saturated rings. The van der Waals surface area contributed by atoms with E-state index < -0.39 is 12.0 Å². The van der Waals surface area contributed by atoms with Gasteiger partial charge in [-0.15, -0.1) is 0 Å². The molecule has 1 aliphatic rings. The van der Waals surface area contributed by atoms with Crippen molar-refractivity contribution in [2.75, 3.05) is 6.61 Å². The van der Waals surface area contributed by atoms with Crippen LogP contribution >= 0.6 is 11.3 Å². The molecule has 0 unspecified atom stereocenters. The van der Waals surface area contributed by atoms with Gasteiger partial charge in [-0.1, -0.05) is 102 Å². The van der Waals surface area contributed by atoms with Gasteiger partial charge < -0.3 is 9.30 Å². The number of nitrogens with zero attached hydrogens (tertiary/aromatic N) is 4. The third-order valence-corrected chi connectivity index (χ3v) is 9.01. The van der Waals surface area contributed by atoms with Gasteiger partial charge in [-0.3, -0.25) is 9.36 Å². The van der Waals surface area contributed by atoms with Crippen molar-refractivity contribution in [2.45, 2.75) is 19.5 Å². The van der Waals surface area contributed by atoms with Crippen molar-refractivity contribution in [2.24, 2.45) is 4.99 Å². The molecule has 3 heterocycles. The molecular weight excluding hydrogens is 593 g/mol. The number of rotatable bonds is 7. The average Bonchev–Trinajstić information content (AvgIpc) is 3.61. The Hall–Kier alpha value is -5.78. The standard InChI is InChI=1S/C38H28N4O3S/c1-2-45-37(44)33-34(27-11-5-3-6-12-27)40-38-42(35(33)28-13-7-4-8-14-28)36(43)32(46-38)21-29-24-41(31-16-10-9-15-30(29)31)23-26-19-17-25(22-39)18-20-26/h3-21,24,35H,2,23H2,1H3/b32-21-/t35-/m1/s1. The third-order valence-electron chi connectivity index (χ3n) is 8.03. The van der Waals surface area contributed by atoms with Crippen molar-refractivity contribution in [1.29, 1.82) is 5.26 Å². The second-order valence-electron chi connectivity index (χ2n) is 10.9. The second kappa shape index (κ2) is 12.3. The van der Waals surface area contributed by atoms with Crippen molar-refractivity contribution in [1.82, 2.24) is 9.13 Å². The Labute approximate surface area is 268 Å². The van der Waals surface area contributed by atoms with Gasteiger partial charge in [0.1, 0.15) is 0 Å². The van der Waals surface area contributed by atoms with Crippen LogP contribution in [0.25, 0.3) is 22.7 Å². The normalized spacial score (nSPS) is 14.5. The molecule has 0 saturated carbocycles. The first-order valence-corrected chi connectivity index (χ1v) is 15.8. The maximum Gasteiger partial charge on any atom is 0.338 e. The molecule has 7 rings (SSSR count). The summed E-state index contributed by atoms with van der Waals surface area (Å²) >= 11 is 1.31. The molecule has 0 radical (unpaired) electrons. The maximum atomic E-state index is 14.3. The fourth-order valence-electron chi connectivity index (χ4n) is 5.93. The van der Waals surface area contributed by atoms with Crippen LogP contribution in [0.2, 0.25) is 0 Å². The summed E-state index contributed by atoms with van der Waals surface area (Å²) in [5, 5.41) is 10.2. The summed E-state index contributed by atoms with van der Waals surface area (Å²) < 4.78 is 9.85. The smallest absolute Gasteiger partial charge is 0.338 e. The molecule has 0 spiro atoms. The van der Waals surface area contributed by atoms with Gasteiger partial charge in [0.2, 0.25) is 0 Å². The van der Waals surface area contributed by atoms with Gasteiger partial charge in [-0.05, 0) is 42.3 Å². The van der Waals surface area contributed by atoms with Crippen LogP contribution in [0, 0.1) is 11.3 Å². The number of hydrogen-bond acceptors (Lipinski definition) is 6. The van der Waals surface area contributed by atoms with E-state index in [9.17, 15) is 14.9 Å². The van der Waals surface area contributed by atoms with Gasteiger partial charge in [0, 0.05) is 34.8 Å². The van der Waals surface area contributed by atoms with Crippen molar-refractivity contribution in [3.05, 3.63) is 168 Å². The fraction of sp³-hybridized carbons (Fsp3) is 0.105. The Morgan fingerprint density at radius 2 is 1.65 bits per heavy atom. The topological polar surface area (TPSA) is 89.4 Å². The zero-order chi connectivity index (χ0) is 31.6. The molecule has 1 aliphatic heterocycles. The minimum absolute atomic E-state index is 0.197. The first-order chi connectivity index (χ1) is 22.6. The summed E-state index contributed by atoms with van der Waals surface area (Å²) in [5.41, 5.74) is 5.78. The molecule has 0 aliphatic carbocycles.